The van der Waals surface area contributed by atoms with Crippen LogP contribution < -0.4 is 0 Å². The predicted octanol–water partition coefficient (Wildman–Crippen LogP) is 4.74. The summed E-state index contributed by atoms with van der Waals surface area (Å²) in [6.07, 6.45) is 4.80. The first kappa shape index (κ1) is 13.7. The van der Waals surface area contributed by atoms with Gasteiger partial charge < -0.3 is 5.11 Å². The van der Waals surface area contributed by atoms with Crippen LogP contribution in [-0.2, 0) is 4.79 Å². The fraction of sp³-hybridized carbons (Fsp3) is 0.500. The van der Waals surface area contributed by atoms with Crippen molar-refractivity contribution in [2.24, 2.45) is 5.92 Å². The second kappa shape index (κ2) is 5.94. The Balaban J connectivity index is 2.34. The summed E-state index contributed by atoms with van der Waals surface area (Å²) < 4.78 is 0. The second-order valence-corrected chi connectivity index (χ2v) is 5.76. The molecule has 0 saturated heterocycles. The maximum atomic E-state index is 11.4. The Labute approximate surface area is 117 Å². The van der Waals surface area contributed by atoms with E-state index in [2.05, 4.69) is 0 Å². The standard InChI is InChI=1S/C14H16Cl2O2/c15-10-6-9(7-11(16)8-10)12-4-2-1-3-5-13(12)14(17)18/h6-8,12-13H,1-5H2,(H,17,18). The first-order valence-corrected chi connectivity index (χ1v) is 7.02. The smallest absolute Gasteiger partial charge is 0.307 e. The van der Waals surface area contributed by atoms with Crippen molar-refractivity contribution >= 4 is 29.2 Å². The molecule has 1 aliphatic carbocycles. The molecule has 1 N–H and O–H groups in total. The predicted molar refractivity (Wildman–Crippen MR) is 73.4 cm³/mol. The lowest BCUT2D eigenvalue weighted by molar-refractivity contribution is -0.142. The highest BCUT2D eigenvalue weighted by Gasteiger charge is 2.30. The number of carbonyl (C=O) groups is 1. The van der Waals surface area contributed by atoms with Gasteiger partial charge in [-0.3, -0.25) is 4.79 Å². The molecule has 4 heteroatoms. The van der Waals surface area contributed by atoms with Crippen molar-refractivity contribution in [3.8, 4) is 0 Å². The molecule has 2 unspecified atom stereocenters. The van der Waals surface area contributed by atoms with E-state index in [9.17, 15) is 9.90 Å². The molecule has 1 fully saturated rings. The molecule has 0 aromatic heterocycles. The summed E-state index contributed by atoms with van der Waals surface area (Å²) in [5.74, 6) is -0.999. The molecule has 1 aromatic carbocycles. The minimum Gasteiger partial charge on any atom is -0.481 e. The van der Waals surface area contributed by atoms with Gasteiger partial charge in [0.05, 0.1) is 5.92 Å². The Morgan fingerprint density at radius 2 is 1.67 bits per heavy atom. The van der Waals surface area contributed by atoms with Crippen LogP contribution in [-0.4, -0.2) is 11.1 Å². The number of aliphatic carboxylic acids is 1. The normalized spacial score (nSPS) is 24.6. The van der Waals surface area contributed by atoms with E-state index in [4.69, 9.17) is 23.2 Å². The Morgan fingerprint density at radius 3 is 2.28 bits per heavy atom. The minimum atomic E-state index is -0.710. The quantitative estimate of drug-likeness (QED) is 0.797. The number of hydrogen-bond acceptors (Lipinski definition) is 1. The zero-order valence-electron chi connectivity index (χ0n) is 10.0. The first-order chi connectivity index (χ1) is 8.58. The molecule has 0 aliphatic heterocycles. The minimum absolute atomic E-state index is 0.0289. The maximum absolute atomic E-state index is 11.4. The lowest BCUT2D eigenvalue weighted by Crippen LogP contribution is -2.21. The van der Waals surface area contributed by atoms with Crippen molar-refractivity contribution in [1.29, 1.82) is 0 Å². The molecule has 98 valence electrons. The van der Waals surface area contributed by atoms with Gasteiger partial charge in [0.25, 0.3) is 0 Å². The molecule has 0 heterocycles. The van der Waals surface area contributed by atoms with Crippen LogP contribution in [0.4, 0.5) is 0 Å². The second-order valence-electron chi connectivity index (χ2n) is 4.89. The molecule has 0 radical (unpaired) electrons. The Morgan fingerprint density at radius 1 is 1.06 bits per heavy atom. The van der Waals surface area contributed by atoms with Crippen LogP contribution in [0.25, 0.3) is 0 Å². The summed E-state index contributed by atoms with van der Waals surface area (Å²) in [7, 11) is 0. The molecular weight excluding hydrogens is 271 g/mol. The van der Waals surface area contributed by atoms with E-state index in [0.29, 0.717) is 10.0 Å². The van der Waals surface area contributed by atoms with Gasteiger partial charge in [0.2, 0.25) is 0 Å². The first-order valence-electron chi connectivity index (χ1n) is 6.26. The molecule has 2 rings (SSSR count). The van der Waals surface area contributed by atoms with Crippen molar-refractivity contribution in [2.45, 2.75) is 38.0 Å². The molecule has 18 heavy (non-hydrogen) atoms. The fourth-order valence-corrected chi connectivity index (χ4v) is 3.33. The van der Waals surface area contributed by atoms with Crippen LogP contribution in [0, 0.1) is 5.92 Å². The SMILES string of the molecule is O=C(O)C1CCCCCC1c1cc(Cl)cc(Cl)c1. The van der Waals surface area contributed by atoms with Crippen molar-refractivity contribution in [3.63, 3.8) is 0 Å². The number of rotatable bonds is 2. The van der Waals surface area contributed by atoms with E-state index in [0.717, 1.165) is 37.7 Å². The Hall–Kier alpha value is -0.730. The van der Waals surface area contributed by atoms with Gasteiger partial charge in [0, 0.05) is 10.0 Å². The molecular formula is C14H16Cl2O2. The van der Waals surface area contributed by atoms with E-state index in [-0.39, 0.29) is 11.8 Å². The molecule has 2 atom stereocenters. The number of benzene rings is 1. The molecule has 0 spiro atoms. The molecule has 2 nitrogen and oxygen atoms in total. The van der Waals surface area contributed by atoms with Gasteiger partial charge in [-0.25, -0.2) is 0 Å². The topological polar surface area (TPSA) is 37.3 Å². The number of halogens is 2. The third kappa shape index (κ3) is 3.18. The number of hydrogen-bond donors (Lipinski definition) is 1. The summed E-state index contributed by atoms with van der Waals surface area (Å²) in [6.45, 7) is 0. The summed E-state index contributed by atoms with van der Waals surface area (Å²) >= 11 is 12.0. The zero-order valence-corrected chi connectivity index (χ0v) is 11.5. The van der Waals surface area contributed by atoms with E-state index < -0.39 is 5.97 Å². The monoisotopic (exact) mass is 286 g/mol. The van der Waals surface area contributed by atoms with Crippen LogP contribution >= 0.6 is 23.2 Å². The van der Waals surface area contributed by atoms with Crippen molar-refractivity contribution in [1.82, 2.24) is 0 Å². The number of carboxylic acids is 1. The fourth-order valence-electron chi connectivity index (χ4n) is 2.79. The van der Waals surface area contributed by atoms with Crippen LogP contribution in [0.5, 0.6) is 0 Å². The van der Waals surface area contributed by atoms with E-state index in [1.165, 1.54) is 0 Å². The zero-order chi connectivity index (χ0) is 13.1. The van der Waals surface area contributed by atoms with Gasteiger partial charge in [-0.1, -0.05) is 42.5 Å². The van der Waals surface area contributed by atoms with E-state index in [1.54, 1.807) is 6.07 Å². The highest BCUT2D eigenvalue weighted by atomic mass is 35.5. The molecule has 1 aromatic rings. The lowest BCUT2D eigenvalue weighted by Gasteiger charge is -2.22. The van der Waals surface area contributed by atoms with Gasteiger partial charge in [-0.15, -0.1) is 0 Å². The average molecular weight is 287 g/mol. The molecule has 0 bridgehead atoms. The maximum Gasteiger partial charge on any atom is 0.307 e. The third-order valence-corrected chi connectivity index (χ3v) is 4.08. The van der Waals surface area contributed by atoms with Crippen LogP contribution in [0.15, 0.2) is 18.2 Å². The number of carboxylic acid groups (broad SMARTS) is 1. The van der Waals surface area contributed by atoms with Gasteiger partial charge in [-0.2, -0.15) is 0 Å². The summed E-state index contributed by atoms with van der Waals surface area (Å²) in [4.78, 5) is 11.4. The highest BCUT2D eigenvalue weighted by Crippen LogP contribution is 2.38. The highest BCUT2D eigenvalue weighted by molar-refractivity contribution is 6.34. The Kier molecular flexibility index (Phi) is 4.52. The average Bonchev–Trinajstić information content (AvgIpc) is 2.52. The van der Waals surface area contributed by atoms with Gasteiger partial charge in [0.15, 0.2) is 0 Å². The summed E-state index contributed by atoms with van der Waals surface area (Å²) in [6, 6.07) is 5.37. The molecule has 0 amide bonds. The van der Waals surface area contributed by atoms with Gasteiger partial charge in [-0.05, 0) is 42.5 Å². The van der Waals surface area contributed by atoms with Crippen LogP contribution in [0.1, 0.15) is 43.6 Å². The van der Waals surface area contributed by atoms with Gasteiger partial charge in [0.1, 0.15) is 0 Å². The van der Waals surface area contributed by atoms with Crippen LogP contribution in [0.2, 0.25) is 10.0 Å². The van der Waals surface area contributed by atoms with Gasteiger partial charge >= 0.3 is 5.97 Å². The van der Waals surface area contributed by atoms with Crippen LogP contribution in [0.3, 0.4) is 0 Å². The Bertz CT molecular complexity index is 425. The van der Waals surface area contributed by atoms with Crippen molar-refractivity contribution < 1.29 is 9.90 Å². The largest absolute Gasteiger partial charge is 0.481 e. The van der Waals surface area contributed by atoms with Crippen molar-refractivity contribution in [2.75, 3.05) is 0 Å². The summed E-state index contributed by atoms with van der Waals surface area (Å²) in [5, 5.41) is 10.5. The van der Waals surface area contributed by atoms with E-state index >= 15 is 0 Å². The summed E-state index contributed by atoms with van der Waals surface area (Å²) in [5.41, 5.74) is 0.960. The molecule has 1 saturated carbocycles. The van der Waals surface area contributed by atoms with Crippen molar-refractivity contribution in [3.05, 3.63) is 33.8 Å². The molecule has 1 aliphatic rings. The third-order valence-electron chi connectivity index (χ3n) is 3.65. The van der Waals surface area contributed by atoms with E-state index in [1.807, 2.05) is 12.1 Å². The lowest BCUT2D eigenvalue weighted by atomic mass is 9.82.